The predicted molar refractivity (Wildman–Crippen MR) is 86.4 cm³/mol. The summed E-state index contributed by atoms with van der Waals surface area (Å²) in [6.45, 7) is 3.42. The highest BCUT2D eigenvalue weighted by molar-refractivity contribution is 7.09. The number of thiazole rings is 1. The molecule has 1 amide bonds. The summed E-state index contributed by atoms with van der Waals surface area (Å²) >= 11 is 1.67. The van der Waals surface area contributed by atoms with E-state index in [0.29, 0.717) is 18.0 Å². The molecule has 3 heterocycles. The van der Waals surface area contributed by atoms with Gasteiger partial charge in [-0.2, -0.15) is 0 Å². The van der Waals surface area contributed by atoms with Crippen LogP contribution in [0.4, 0.5) is 0 Å². The predicted octanol–water partition coefficient (Wildman–Crippen LogP) is 2.17. The van der Waals surface area contributed by atoms with Gasteiger partial charge in [0.1, 0.15) is 0 Å². The number of pyridine rings is 1. The van der Waals surface area contributed by atoms with Crippen molar-refractivity contribution in [3.05, 3.63) is 50.3 Å². The molecular weight excluding hydrogens is 298 g/mol. The highest BCUT2D eigenvalue weighted by Gasteiger charge is 2.27. The minimum absolute atomic E-state index is 0.0596. The van der Waals surface area contributed by atoms with Crippen molar-refractivity contribution in [2.24, 2.45) is 7.05 Å². The molecule has 0 saturated carbocycles. The molecule has 1 aliphatic heterocycles. The highest BCUT2D eigenvalue weighted by Crippen LogP contribution is 2.29. The number of carbonyl (C=O) groups excluding carboxylic acids is 1. The zero-order valence-corrected chi connectivity index (χ0v) is 13.6. The van der Waals surface area contributed by atoms with E-state index < -0.39 is 0 Å². The lowest BCUT2D eigenvalue weighted by Gasteiger charge is -2.31. The molecule has 2 aromatic rings. The first-order valence-electron chi connectivity index (χ1n) is 7.42. The van der Waals surface area contributed by atoms with Crippen molar-refractivity contribution in [2.45, 2.75) is 25.7 Å². The summed E-state index contributed by atoms with van der Waals surface area (Å²) in [5.74, 6) is 0.249. The molecule has 0 spiro atoms. The lowest BCUT2D eigenvalue weighted by molar-refractivity contribution is 0.0706. The Morgan fingerprint density at radius 1 is 1.45 bits per heavy atom. The molecular formula is C16H19N3O2S. The number of likely N-dealkylation sites (tertiary alicyclic amines) is 1. The number of hydrogen-bond donors (Lipinski definition) is 0. The van der Waals surface area contributed by atoms with Crippen molar-refractivity contribution < 1.29 is 4.79 Å². The van der Waals surface area contributed by atoms with Gasteiger partial charge in [-0.15, -0.1) is 11.3 Å². The van der Waals surface area contributed by atoms with Crippen LogP contribution in [0.1, 0.15) is 39.8 Å². The molecule has 0 bridgehead atoms. The summed E-state index contributed by atoms with van der Waals surface area (Å²) in [6, 6.07) is 3.13. The lowest BCUT2D eigenvalue weighted by atomic mass is 9.98. The van der Waals surface area contributed by atoms with Gasteiger partial charge in [-0.25, -0.2) is 4.98 Å². The third kappa shape index (κ3) is 2.97. The second-order valence-corrected chi connectivity index (χ2v) is 6.67. The van der Waals surface area contributed by atoms with Gasteiger partial charge in [0, 0.05) is 55.0 Å². The summed E-state index contributed by atoms with van der Waals surface area (Å²) in [4.78, 5) is 30.7. The molecule has 3 rings (SSSR count). The van der Waals surface area contributed by atoms with Crippen LogP contribution >= 0.6 is 11.3 Å². The van der Waals surface area contributed by atoms with E-state index in [4.69, 9.17) is 0 Å². The first kappa shape index (κ1) is 15.0. The first-order chi connectivity index (χ1) is 10.5. The normalized spacial score (nSPS) is 18.5. The summed E-state index contributed by atoms with van der Waals surface area (Å²) < 4.78 is 1.47. The van der Waals surface area contributed by atoms with E-state index in [1.807, 2.05) is 11.8 Å². The standard InChI is InChI=1S/C16H19N3O2S/c1-11-10-22-15(17-11)13-4-3-6-19(9-13)16(21)12-5-7-18(2)14(20)8-12/h5,7-8,10,13H,3-4,6,9H2,1-2H3. The Bertz CT molecular complexity index is 750. The molecule has 1 unspecified atom stereocenters. The smallest absolute Gasteiger partial charge is 0.254 e. The fourth-order valence-electron chi connectivity index (χ4n) is 2.79. The third-order valence-corrected chi connectivity index (χ3v) is 5.17. The Morgan fingerprint density at radius 3 is 2.95 bits per heavy atom. The summed E-state index contributed by atoms with van der Waals surface area (Å²) in [5, 5.41) is 3.16. The molecule has 0 radical (unpaired) electrons. The number of aryl methyl sites for hydroxylation is 2. The van der Waals surface area contributed by atoms with Crippen LogP contribution < -0.4 is 5.56 Å². The van der Waals surface area contributed by atoms with Crippen molar-refractivity contribution in [3.8, 4) is 0 Å². The Morgan fingerprint density at radius 2 is 2.27 bits per heavy atom. The van der Waals surface area contributed by atoms with E-state index in [0.717, 1.165) is 30.1 Å². The summed E-state index contributed by atoms with van der Waals surface area (Å²) in [5.41, 5.74) is 1.35. The van der Waals surface area contributed by atoms with E-state index in [1.54, 1.807) is 30.6 Å². The second kappa shape index (κ2) is 6.04. The largest absolute Gasteiger partial charge is 0.338 e. The highest BCUT2D eigenvalue weighted by atomic mass is 32.1. The molecule has 6 heteroatoms. The van der Waals surface area contributed by atoms with E-state index in [-0.39, 0.29) is 11.5 Å². The summed E-state index contributed by atoms with van der Waals surface area (Å²) in [6.07, 6.45) is 3.67. The van der Waals surface area contributed by atoms with Crippen molar-refractivity contribution in [2.75, 3.05) is 13.1 Å². The van der Waals surface area contributed by atoms with Crippen LogP contribution in [0.15, 0.2) is 28.5 Å². The van der Waals surface area contributed by atoms with E-state index >= 15 is 0 Å². The number of piperidine rings is 1. The molecule has 0 aliphatic carbocycles. The van der Waals surface area contributed by atoms with Gasteiger partial charge < -0.3 is 9.47 Å². The number of nitrogens with zero attached hydrogens (tertiary/aromatic N) is 3. The molecule has 1 fully saturated rings. The molecule has 116 valence electrons. The quantitative estimate of drug-likeness (QED) is 0.853. The van der Waals surface area contributed by atoms with E-state index in [1.165, 1.54) is 10.6 Å². The molecule has 1 saturated heterocycles. The van der Waals surface area contributed by atoms with Crippen LogP contribution in [-0.2, 0) is 7.05 Å². The minimum Gasteiger partial charge on any atom is -0.338 e. The number of carbonyl (C=O) groups is 1. The topological polar surface area (TPSA) is 55.2 Å². The van der Waals surface area contributed by atoms with Crippen LogP contribution in [0.2, 0.25) is 0 Å². The van der Waals surface area contributed by atoms with Gasteiger partial charge >= 0.3 is 0 Å². The average molecular weight is 317 g/mol. The molecule has 1 atom stereocenters. The molecule has 2 aromatic heterocycles. The van der Waals surface area contributed by atoms with Gasteiger partial charge in [-0.3, -0.25) is 9.59 Å². The van der Waals surface area contributed by atoms with Crippen molar-refractivity contribution in [3.63, 3.8) is 0 Å². The Labute approximate surface area is 133 Å². The Kier molecular flexibility index (Phi) is 4.11. The lowest BCUT2D eigenvalue weighted by Crippen LogP contribution is -2.39. The Hall–Kier alpha value is -1.95. The van der Waals surface area contributed by atoms with Gasteiger partial charge in [0.05, 0.1) is 5.01 Å². The fourth-order valence-corrected chi connectivity index (χ4v) is 3.71. The van der Waals surface area contributed by atoms with Crippen molar-refractivity contribution in [1.29, 1.82) is 0 Å². The maximum Gasteiger partial charge on any atom is 0.254 e. The number of rotatable bonds is 2. The first-order valence-corrected chi connectivity index (χ1v) is 8.30. The maximum absolute atomic E-state index is 12.6. The van der Waals surface area contributed by atoms with Crippen LogP contribution in [0.3, 0.4) is 0 Å². The molecule has 5 nitrogen and oxygen atoms in total. The van der Waals surface area contributed by atoms with Gasteiger partial charge in [-0.05, 0) is 25.8 Å². The van der Waals surface area contributed by atoms with Crippen LogP contribution in [0.25, 0.3) is 0 Å². The fraction of sp³-hybridized carbons (Fsp3) is 0.438. The SMILES string of the molecule is Cc1csc(C2CCCN(C(=O)c3ccn(C)c(=O)c3)C2)n1. The van der Waals surface area contributed by atoms with Crippen LogP contribution in [-0.4, -0.2) is 33.4 Å². The van der Waals surface area contributed by atoms with Gasteiger partial charge in [0.15, 0.2) is 0 Å². The van der Waals surface area contributed by atoms with E-state index in [2.05, 4.69) is 10.4 Å². The second-order valence-electron chi connectivity index (χ2n) is 5.78. The molecule has 0 N–H and O–H groups in total. The number of aromatic nitrogens is 2. The third-order valence-electron chi connectivity index (χ3n) is 4.05. The van der Waals surface area contributed by atoms with Gasteiger partial charge in [-0.1, -0.05) is 0 Å². The average Bonchev–Trinajstić information content (AvgIpc) is 2.96. The van der Waals surface area contributed by atoms with Crippen LogP contribution in [0.5, 0.6) is 0 Å². The molecule has 0 aromatic carbocycles. The maximum atomic E-state index is 12.6. The van der Waals surface area contributed by atoms with Gasteiger partial charge in [0.2, 0.25) is 0 Å². The number of amides is 1. The molecule has 1 aliphatic rings. The summed E-state index contributed by atoms with van der Waals surface area (Å²) in [7, 11) is 1.68. The zero-order valence-electron chi connectivity index (χ0n) is 12.8. The van der Waals surface area contributed by atoms with Crippen molar-refractivity contribution in [1.82, 2.24) is 14.5 Å². The minimum atomic E-state index is -0.157. The monoisotopic (exact) mass is 317 g/mol. The van der Waals surface area contributed by atoms with Gasteiger partial charge in [0.25, 0.3) is 11.5 Å². The van der Waals surface area contributed by atoms with Crippen molar-refractivity contribution >= 4 is 17.2 Å². The molecule has 22 heavy (non-hydrogen) atoms. The zero-order chi connectivity index (χ0) is 15.7. The Balaban J connectivity index is 1.77. The number of hydrogen-bond acceptors (Lipinski definition) is 4. The van der Waals surface area contributed by atoms with Crippen LogP contribution in [0, 0.1) is 6.92 Å². The van der Waals surface area contributed by atoms with E-state index in [9.17, 15) is 9.59 Å².